The smallest absolute Gasteiger partial charge is 0.331 e. The molecule has 2 aromatic heterocycles. The number of hydrogen-bond acceptors (Lipinski definition) is 5. The lowest BCUT2D eigenvalue weighted by atomic mass is 10.3. The van der Waals surface area contributed by atoms with Crippen molar-refractivity contribution >= 4 is 34.8 Å². The van der Waals surface area contributed by atoms with Gasteiger partial charge < -0.3 is 9.84 Å². The molecule has 0 radical (unpaired) electrons. The van der Waals surface area contributed by atoms with Gasteiger partial charge in [0.25, 0.3) is 0 Å². The first-order valence-electron chi connectivity index (χ1n) is 5.33. The van der Waals surface area contributed by atoms with E-state index in [1.807, 2.05) is 0 Å². The topological polar surface area (TPSA) is 80.9 Å². The monoisotopic (exact) mass is 358 g/mol. The van der Waals surface area contributed by atoms with Crippen LogP contribution in [0.5, 0.6) is 0 Å². The van der Waals surface area contributed by atoms with Gasteiger partial charge in [0.05, 0.1) is 11.9 Å². The lowest BCUT2D eigenvalue weighted by Crippen LogP contribution is -2.28. The molecule has 12 heteroatoms. The SMILES string of the molecule is O=C(Nc1ccc(-c2noc(C(F)(F)Cl)n2)nc1)C(F)(F)Cl. The van der Waals surface area contributed by atoms with Crippen LogP contribution >= 0.6 is 23.2 Å². The molecule has 0 saturated carbocycles. The Morgan fingerprint density at radius 3 is 2.36 bits per heavy atom. The van der Waals surface area contributed by atoms with Crippen molar-refractivity contribution in [3.63, 3.8) is 0 Å². The van der Waals surface area contributed by atoms with Crippen LogP contribution in [0.1, 0.15) is 5.89 Å². The Morgan fingerprint density at radius 2 is 1.91 bits per heavy atom. The zero-order chi connectivity index (χ0) is 16.5. The van der Waals surface area contributed by atoms with E-state index in [4.69, 9.17) is 11.6 Å². The molecule has 0 atom stereocenters. The van der Waals surface area contributed by atoms with Crippen molar-refractivity contribution < 1.29 is 26.9 Å². The van der Waals surface area contributed by atoms with Crippen molar-refractivity contribution in [3.8, 4) is 11.5 Å². The fourth-order valence-electron chi connectivity index (χ4n) is 1.24. The standard InChI is InChI=1S/C10H4Cl2F4N4O2/c11-9(13,14)7(21)18-4-1-2-5(17-3-4)6-19-8(22-20-6)10(12,15)16/h1-3H,(H,18,21). The summed E-state index contributed by atoms with van der Waals surface area (Å²) in [6.45, 7) is 0. The summed E-state index contributed by atoms with van der Waals surface area (Å²) < 4.78 is 54.6. The minimum Gasteiger partial charge on any atom is -0.331 e. The van der Waals surface area contributed by atoms with Crippen molar-refractivity contribution in [1.82, 2.24) is 15.1 Å². The van der Waals surface area contributed by atoms with Gasteiger partial charge in [-0.2, -0.15) is 22.5 Å². The second-order valence-corrected chi connectivity index (χ2v) is 4.75. The van der Waals surface area contributed by atoms with E-state index in [0.29, 0.717) is 0 Å². The van der Waals surface area contributed by atoms with Crippen LogP contribution in [-0.4, -0.2) is 26.4 Å². The van der Waals surface area contributed by atoms with Gasteiger partial charge in [0, 0.05) is 0 Å². The van der Waals surface area contributed by atoms with Crippen molar-refractivity contribution in [2.24, 2.45) is 0 Å². The van der Waals surface area contributed by atoms with E-state index >= 15 is 0 Å². The maximum Gasteiger partial charge on any atom is 0.400 e. The number of hydrogen-bond donors (Lipinski definition) is 1. The first-order valence-corrected chi connectivity index (χ1v) is 6.08. The van der Waals surface area contributed by atoms with Crippen LogP contribution in [0.4, 0.5) is 23.2 Å². The predicted molar refractivity (Wildman–Crippen MR) is 66.7 cm³/mol. The van der Waals surface area contributed by atoms with Crippen LogP contribution in [0.15, 0.2) is 22.9 Å². The molecule has 0 saturated heterocycles. The van der Waals surface area contributed by atoms with Gasteiger partial charge in [-0.1, -0.05) is 5.16 Å². The van der Waals surface area contributed by atoms with Gasteiger partial charge in [0.15, 0.2) is 0 Å². The lowest BCUT2D eigenvalue weighted by molar-refractivity contribution is -0.130. The zero-order valence-electron chi connectivity index (χ0n) is 10.2. The van der Waals surface area contributed by atoms with Crippen LogP contribution in [0, 0.1) is 0 Å². The van der Waals surface area contributed by atoms with Crippen molar-refractivity contribution in [1.29, 1.82) is 0 Å². The zero-order valence-corrected chi connectivity index (χ0v) is 11.7. The van der Waals surface area contributed by atoms with E-state index in [9.17, 15) is 22.4 Å². The predicted octanol–water partition coefficient (Wildman–Crippen LogP) is 3.19. The minimum atomic E-state index is -4.08. The number of nitrogens with one attached hydrogen (secondary N) is 1. The largest absolute Gasteiger partial charge is 0.400 e. The fourth-order valence-corrected chi connectivity index (χ4v) is 1.37. The molecule has 22 heavy (non-hydrogen) atoms. The Kier molecular flexibility index (Phi) is 4.25. The highest BCUT2D eigenvalue weighted by Crippen LogP contribution is 2.31. The van der Waals surface area contributed by atoms with E-state index in [0.717, 1.165) is 12.3 Å². The Balaban J connectivity index is 2.16. The molecule has 0 aliphatic rings. The average Bonchev–Trinajstić information content (AvgIpc) is 2.88. The molecule has 0 bridgehead atoms. The Hall–Kier alpha value is -1.94. The Labute approximate surface area is 129 Å². The number of alkyl halides is 6. The fraction of sp³-hybridized carbons (Fsp3) is 0.200. The number of carbonyl (C=O) groups excluding carboxylic acids is 1. The molecule has 6 nitrogen and oxygen atoms in total. The maximum atomic E-state index is 12.7. The van der Waals surface area contributed by atoms with Crippen LogP contribution in [0.3, 0.4) is 0 Å². The first kappa shape index (κ1) is 16.4. The van der Waals surface area contributed by atoms with Gasteiger partial charge in [-0.3, -0.25) is 9.78 Å². The molecule has 0 fully saturated rings. The molecule has 1 N–H and O–H groups in total. The summed E-state index contributed by atoms with van der Waals surface area (Å²) in [4.78, 5) is 18.0. The molecule has 0 aromatic carbocycles. The van der Waals surface area contributed by atoms with E-state index in [2.05, 4.69) is 31.2 Å². The summed E-state index contributed by atoms with van der Waals surface area (Å²) in [5.74, 6) is -3.16. The Bertz CT molecular complexity index is 681. The minimum absolute atomic E-state index is 0.00782. The molecule has 118 valence electrons. The molecule has 0 unspecified atom stereocenters. The lowest BCUT2D eigenvalue weighted by Gasteiger charge is -2.08. The third-order valence-corrected chi connectivity index (χ3v) is 2.51. The van der Waals surface area contributed by atoms with Crippen LogP contribution in [-0.2, 0) is 10.2 Å². The molecule has 0 aliphatic heterocycles. The Morgan fingerprint density at radius 1 is 1.23 bits per heavy atom. The summed E-state index contributed by atoms with van der Waals surface area (Å²) >= 11 is 9.23. The number of rotatable bonds is 4. The van der Waals surface area contributed by atoms with E-state index in [1.54, 1.807) is 5.32 Å². The van der Waals surface area contributed by atoms with Gasteiger partial charge in [-0.05, 0) is 35.3 Å². The summed E-state index contributed by atoms with van der Waals surface area (Å²) in [6.07, 6.45) is 0.977. The highest BCUT2D eigenvalue weighted by Gasteiger charge is 2.36. The number of pyridine rings is 1. The molecule has 2 rings (SSSR count). The number of anilines is 1. The molecule has 2 heterocycles. The number of amides is 1. The van der Waals surface area contributed by atoms with Crippen molar-refractivity contribution in [3.05, 3.63) is 24.2 Å². The second kappa shape index (κ2) is 5.69. The second-order valence-electron chi connectivity index (χ2n) is 3.80. The summed E-state index contributed by atoms with van der Waals surface area (Å²) in [7, 11) is 0. The summed E-state index contributed by atoms with van der Waals surface area (Å²) in [6, 6.07) is 2.35. The molecule has 0 aliphatic carbocycles. The number of halogens is 6. The van der Waals surface area contributed by atoms with Gasteiger partial charge in [0.1, 0.15) is 5.69 Å². The molecule has 1 amide bonds. The highest BCUT2D eigenvalue weighted by atomic mass is 35.5. The number of carbonyl (C=O) groups is 1. The summed E-state index contributed by atoms with van der Waals surface area (Å²) in [5.41, 5.74) is -0.105. The summed E-state index contributed by atoms with van der Waals surface area (Å²) in [5, 5.41) is -2.86. The van der Waals surface area contributed by atoms with Crippen LogP contribution in [0.25, 0.3) is 11.5 Å². The van der Waals surface area contributed by atoms with Gasteiger partial charge in [-0.15, -0.1) is 0 Å². The van der Waals surface area contributed by atoms with E-state index in [1.165, 1.54) is 6.07 Å². The van der Waals surface area contributed by atoms with Crippen molar-refractivity contribution in [2.45, 2.75) is 10.8 Å². The molecule has 2 aromatic rings. The van der Waals surface area contributed by atoms with Crippen LogP contribution in [0.2, 0.25) is 0 Å². The quantitative estimate of drug-likeness (QED) is 0.670. The van der Waals surface area contributed by atoms with E-state index < -0.39 is 22.6 Å². The van der Waals surface area contributed by atoms with Gasteiger partial charge >= 0.3 is 22.6 Å². The normalized spacial score (nSPS) is 12.3. The van der Waals surface area contributed by atoms with E-state index in [-0.39, 0.29) is 17.2 Å². The molecular formula is C10H4Cl2F4N4O2. The first-order chi connectivity index (χ1) is 10.1. The van der Waals surface area contributed by atoms with Crippen molar-refractivity contribution in [2.75, 3.05) is 5.32 Å². The molecular weight excluding hydrogens is 355 g/mol. The average molecular weight is 359 g/mol. The number of aromatic nitrogens is 3. The number of nitrogens with zero attached hydrogens (tertiary/aromatic N) is 3. The van der Waals surface area contributed by atoms with Gasteiger partial charge in [0.2, 0.25) is 5.82 Å². The maximum absolute atomic E-state index is 12.7. The van der Waals surface area contributed by atoms with Gasteiger partial charge in [-0.25, -0.2) is 0 Å². The van der Waals surface area contributed by atoms with Crippen LogP contribution < -0.4 is 5.32 Å². The third-order valence-electron chi connectivity index (χ3n) is 2.18. The highest BCUT2D eigenvalue weighted by molar-refractivity contribution is 6.33. The third kappa shape index (κ3) is 3.83. The molecule has 0 spiro atoms.